The normalized spacial score (nSPS) is 27.5. The van der Waals surface area contributed by atoms with Gasteiger partial charge in [-0.3, -0.25) is 9.59 Å². The van der Waals surface area contributed by atoms with Gasteiger partial charge < -0.3 is 0 Å². The Morgan fingerprint density at radius 1 is 0.857 bits per heavy atom. The van der Waals surface area contributed by atoms with Gasteiger partial charge in [-0.2, -0.15) is 0 Å². The lowest BCUT2D eigenvalue weighted by molar-refractivity contribution is -0.126. The molecular weight excluding hydrogens is 404 g/mol. The summed E-state index contributed by atoms with van der Waals surface area (Å²) < 4.78 is 13.3. The molecule has 0 radical (unpaired) electrons. The maximum Gasteiger partial charge on any atom is 0.253 e. The standard InChI is InChI=1S/C20H16Cl2FN3O2/c21-13-3-1-4-14(22)15(13)17-16-18(25-10-2-9-24(17)25)20(28)26(19(16)27)12-7-5-11(23)6-8-12/h1,3-8,16-18H,2,9-10H2. The van der Waals surface area contributed by atoms with Gasteiger partial charge in [-0.05, 0) is 42.8 Å². The largest absolute Gasteiger partial charge is 0.274 e. The summed E-state index contributed by atoms with van der Waals surface area (Å²) in [4.78, 5) is 27.8. The van der Waals surface area contributed by atoms with Crippen molar-refractivity contribution in [1.82, 2.24) is 10.0 Å². The molecule has 5 nitrogen and oxygen atoms in total. The summed E-state index contributed by atoms with van der Waals surface area (Å²) in [6, 6.07) is 9.63. The first-order valence-electron chi connectivity index (χ1n) is 9.09. The van der Waals surface area contributed by atoms with Gasteiger partial charge in [0.15, 0.2) is 0 Å². The van der Waals surface area contributed by atoms with Gasteiger partial charge in [0.25, 0.3) is 5.91 Å². The molecule has 28 heavy (non-hydrogen) atoms. The Bertz CT molecular complexity index is 964. The molecule has 0 saturated carbocycles. The third kappa shape index (κ3) is 2.45. The molecule has 0 aliphatic carbocycles. The molecular formula is C20H16Cl2FN3O2. The molecule has 3 aliphatic heterocycles. The number of amides is 2. The third-order valence-electron chi connectivity index (χ3n) is 5.79. The lowest BCUT2D eigenvalue weighted by Crippen LogP contribution is -2.44. The molecule has 144 valence electrons. The lowest BCUT2D eigenvalue weighted by Gasteiger charge is -2.30. The first-order chi connectivity index (χ1) is 13.5. The summed E-state index contributed by atoms with van der Waals surface area (Å²) in [5.41, 5.74) is 1.05. The predicted molar refractivity (Wildman–Crippen MR) is 103 cm³/mol. The molecule has 3 atom stereocenters. The van der Waals surface area contributed by atoms with Crippen molar-refractivity contribution in [2.24, 2.45) is 5.92 Å². The number of nitrogens with zero attached hydrogens (tertiary/aromatic N) is 3. The molecule has 0 aromatic heterocycles. The van der Waals surface area contributed by atoms with Gasteiger partial charge in [0.2, 0.25) is 5.91 Å². The molecule has 0 N–H and O–H groups in total. The van der Waals surface area contributed by atoms with Gasteiger partial charge in [0.1, 0.15) is 11.9 Å². The number of rotatable bonds is 2. The van der Waals surface area contributed by atoms with Crippen molar-refractivity contribution in [3.8, 4) is 0 Å². The van der Waals surface area contributed by atoms with Crippen LogP contribution in [0.3, 0.4) is 0 Å². The summed E-state index contributed by atoms with van der Waals surface area (Å²) in [5.74, 6) is -1.64. The smallest absolute Gasteiger partial charge is 0.253 e. The summed E-state index contributed by atoms with van der Waals surface area (Å²) in [5, 5.41) is 4.98. The minimum absolute atomic E-state index is 0.292. The Kier molecular flexibility index (Phi) is 4.21. The van der Waals surface area contributed by atoms with Crippen molar-refractivity contribution in [1.29, 1.82) is 0 Å². The summed E-state index contributed by atoms with van der Waals surface area (Å²) in [6.45, 7) is 1.42. The zero-order valence-corrected chi connectivity index (χ0v) is 16.2. The first kappa shape index (κ1) is 18.1. The molecule has 0 bridgehead atoms. The van der Waals surface area contributed by atoms with Crippen LogP contribution in [0.25, 0.3) is 0 Å². The van der Waals surface area contributed by atoms with Gasteiger partial charge in [-0.1, -0.05) is 29.3 Å². The van der Waals surface area contributed by atoms with E-state index in [2.05, 4.69) is 5.01 Å². The fraction of sp³-hybridized carbons (Fsp3) is 0.300. The molecule has 3 heterocycles. The highest BCUT2D eigenvalue weighted by Gasteiger charge is 2.63. The monoisotopic (exact) mass is 419 g/mol. The second-order valence-corrected chi connectivity index (χ2v) is 8.03. The van der Waals surface area contributed by atoms with Crippen LogP contribution in [0, 0.1) is 11.7 Å². The van der Waals surface area contributed by atoms with Crippen LogP contribution in [0.15, 0.2) is 42.5 Å². The minimum Gasteiger partial charge on any atom is -0.274 e. The van der Waals surface area contributed by atoms with Gasteiger partial charge >= 0.3 is 0 Å². The van der Waals surface area contributed by atoms with Gasteiger partial charge in [-0.25, -0.2) is 19.3 Å². The van der Waals surface area contributed by atoms with Crippen molar-refractivity contribution in [3.05, 3.63) is 63.9 Å². The van der Waals surface area contributed by atoms with E-state index < -0.39 is 23.8 Å². The highest BCUT2D eigenvalue weighted by atomic mass is 35.5. The number of imide groups is 1. The zero-order chi connectivity index (χ0) is 19.6. The van der Waals surface area contributed by atoms with Crippen LogP contribution >= 0.6 is 23.2 Å². The Morgan fingerprint density at radius 2 is 1.46 bits per heavy atom. The average molecular weight is 420 g/mol. The highest BCUT2D eigenvalue weighted by Crippen LogP contribution is 2.51. The van der Waals surface area contributed by atoms with Crippen LogP contribution in [-0.4, -0.2) is 41.0 Å². The maximum absolute atomic E-state index is 13.4. The number of carbonyl (C=O) groups is 2. The van der Waals surface area contributed by atoms with Crippen LogP contribution in [0.2, 0.25) is 10.0 Å². The van der Waals surface area contributed by atoms with Gasteiger partial charge in [0, 0.05) is 28.7 Å². The van der Waals surface area contributed by atoms with E-state index in [-0.39, 0.29) is 11.8 Å². The molecule has 3 fully saturated rings. The molecule has 3 unspecified atom stereocenters. The number of hydrogen-bond donors (Lipinski definition) is 0. The highest BCUT2D eigenvalue weighted by molar-refractivity contribution is 6.36. The SMILES string of the molecule is O=C1C2C(C(=O)N1c1ccc(F)cc1)N1CCCN1C2c1c(Cl)cccc1Cl. The second kappa shape index (κ2) is 6.52. The van der Waals surface area contributed by atoms with E-state index in [0.29, 0.717) is 27.8 Å². The molecule has 2 aromatic rings. The quantitative estimate of drug-likeness (QED) is 0.696. The summed E-state index contributed by atoms with van der Waals surface area (Å²) >= 11 is 12.9. The average Bonchev–Trinajstić information content (AvgIpc) is 3.30. The Morgan fingerprint density at radius 3 is 2.11 bits per heavy atom. The zero-order valence-electron chi connectivity index (χ0n) is 14.7. The minimum atomic E-state index is -0.616. The summed E-state index contributed by atoms with van der Waals surface area (Å²) in [6.07, 6.45) is 0.889. The number of benzene rings is 2. The fourth-order valence-electron chi connectivity index (χ4n) is 4.70. The molecule has 8 heteroatoms. The van der Waals surface area contributed by atoms with Crippen molar-refractivity contribution >= 4 is 40.7 Å². The van der Waals surface area contributed by atoms with Gasteiger partial charge in [-0.15, -0.1) is 0 Å². The van der Waals surface area contributed by atoms with Crippen molar-refractivity contribution < 1.29 is 14.0 Å². The van der Waals surface area contributed by atoms with Gasteiger partial charge in [0.05, 0.1) is 17.6 Å². The Hall–Kier alpha value is -1.99. The lowest BCUT2D eigenvalue weighted by atomic mass is 9.89. The fourth-order valence-corrected chi connectivity index (χ4v) is 5.32. The Labute approximate surface area is 171 Å². The van der Waals surface area contributed by atoms with E-state index in [1.54, 1.807) is 18.2 Å². The van der Waals surface area contributed by atoms with Crippen LogP contribution in [0.5, 0.6) is 0 Å². The van der Waals surface area contributed by atoms with E-state index in [9.17, 15) is 14.0 Å². The number of hydrazine groups is 1. The van der Waals surface area contributed by atoms with Crippen molar-refractivity contribution in [3.63, 3.8) is 0 Å². The molecule has 0 spiro atoms. The predicted octanol–water partition coefficient (Wildman–Crippen LogP) is 3.67. The van der Waals surface area contributed by atoms with E-state index in [1.165, 1.54) is 29.2 Å². The van der Waals surface area contributed by atoms with Crippen LogP contribution in [-0.2, 0) is 9.59 Å². The number of fused-ring (bicyclic) bond motifs is 3. The molecule has 2 amide bonds. The van der Waals surface area contributed by atoms with Crippen molar-refractivity contribution in [2.75, 3.05) is 18.0 Å². The Balaban J connectivity index is 1.62. The topological polar surface area (TPSA) is 43.9 Å². The number of halogens is 3. The van der Waals surface area contributed by atoms with Crippen LogP contribution < -0.4 is 4.90 Å². The summed E-state index contributed by atoms with van der Waals surface area (Å²) in [7, 11) is 0. The van der Waals surface area contributed by atoms with Crippen LogP contribution in [0.1, 0.15) is 18.0 Å². The van der Waals surface area contributed by atoms with E-state index in [4.69, 9.17) is 23.2 Å². The maximum atomic E-state index is 13.4. The number of hydrogen-bond acceptors (Lipinski definition) is 4. The first-order valence-corrected chi connectivity index (χ1v) is 9.85. The van der Waals surface area contributed by atoms with Crippen molar-refractivity contribution in [2.45, 2.75) is 18.5 Å². The molecule has 3 aliphatic rings. The van der Waals surface area contributed by atoms with E-state index >= 15 is 0 Å². The van der Waals surface area contributed by atoms with E-state index in [1.807, 2.05) is 5.01 Å². The second-order valence-electron chi connectivity index (χ2n) is 7.22. The molecule has 2 aromatic carbocycles. The number of anilines is 1. The molecule has 3 saturated heterocycles. The number of carbonyl (C=O) groups excluding carboxylic acids is 2. The molecule has 5 rings (SSSR count). The van der Waals surface area contributed by atoms with Crippen LogP contribution in [0.4, 0.5) is 10.1 Å². The third-order valence-corrected chi connectivity index (χ3v) is 6.45. The van der Waals surface area contributed by atoms with E-state index in [0.717, 1.165) is 13.0 Å².